The molecule has 26 heavy (non-hydrogen) atoms. The van der Waals surface area contributed by atoms with Gasteiger partial charge < -0.3 is 20.3 Å². The van der Waals surface area contributed by atoms with E-state index in [4.69, 9.17) is 4.74 Å². The molecule has 0 radical (unpaired) electrons. The number of ether oxygens (including phenoxy) is 1. The van der Waals surface area contributed by atoms with Crippen LogP contribution in [-0.2, 0) is 4.74 Å². The molecular weight excluding hydrogens is 324 g/mol. The van der Waals surface area contributed by atoms with Crippen molar-refractivity contribution >= 4 is 11.6 Å². The minimum Gasteiger partial charge on any atom is -0.378 e. The van der Waals surface area contributed by atoms with Crippen LogP contribution in [0.15, 0.2) is 35.3 Å². The van der Waals surface area contributed by atoms with E-state index < -0.39 is 0 Å². The van der Waals surface area contributed by atoms with Crippen LogP contribution in [0.1, 0.15) is 33.6 Å². The third-order valence-electron chi connectivity index (χ3n) is 5.03. The summed E-state index contributed by atoms with van der Waals surface area (Å²) >= 11 is 0. The van der Waals surface area contributed by atoms with Gasteiger partial charge in [-0.1, -0.05) is 32.0 Å². The molecule has 0 amide bonds. The van der Waals surface area contributed by atoms with Crippen molar-refractivity contribution in [3.8, 4) is 0 Å². The summed E-state index contributed by atoms with van der Waals surface area (Å²) in [5.41, 5.74) is 1.33. The van der Waals surface area contributed by atoms with Crippen LogP contribution in [0.4, 0.5) is 5.69 Å². The van der Waals surface area contributed by atoms with Gasteiger partial charge in [0.15, 0.2) is 5.96 Å². The summed E-state index contributed by atoms with van der Waals surface area (Å²) in [6.45, 7) is 11.3. The molecule has 0 aliphatic carbocycles. The minimum atomic E-state index is 0.305. The van der Waals surface area contributed by atoms with Gasteiger partial charge in [-0.2, -0.15) is 0 Å². The average Bonchev–Trinajstić information content (AvgIpc) is 3.13. The second kappa shape index (κ2) is 11.1. The molecule has 5 heteroatoms. The molecule has 1 saturated heterocycles. The van der Waals surface area contributed by atoms with Crippen LogP contribution in [-0.4, -0.2) is 51.9 Å². The number of guanidine groups is 1. The van der Waals surface area contributed by atoms with Crippen LogP contribution in [0, 0.1) is 11.8 Å². The lowest BCUT2D eigenvalue weighted by Crippen LogP contribution is -2.41. The molecule has 1 aromatic carbocycles. The summed E-state index contributed by atoms with van der Waals surface area (Å²) in [5, 5.41) is 6.92. The molecular formula is C21H36N4O. The number of benzene rings is 1. The molecule has 0 bridgehead atoms. The average molecular weight is 361 g/mol. The van der Waals surface area contributed by atoms with Crippen LogP contribution < -0.4 is 15.5 Å². The number of anilines is 1. The van der Waals surface area contributed by atoms with Gasteiger partial charge >= 0.3 is 0 Å². The smallest absolute Gasteiger partial charge is 0.190 e. The van der Waals surface area contributed by atoms with Gasteiger partial charge in [0.05, 0.1) is 6.10 Å². The first-order valence-corrected chi connectivity index (χ1v) is 10.00. The highest BCUT2D eigenvalue weighted by atomic mass is 16.5. The first-order chi connectivity index (χ1) is 12.6. The fourth-order valence-corrected chi connectivity index (χ4v) is 3.49. The Morgan fingerprint density at radius 3 is 2.69 bits per heavy atom. The van der Waals surface area contributed by atoms with E-state index in [9.17, 15) is 0 Å². The first-order valence-electron chi connectivity index (χ1n) is 10.00. The monoisotopic (exact) mass is 360 g/mol. The van der Waals surface area contributed by atoms with Crippen molar-refractivity contribution in [1.29, 1.82) is 0 Å². The van der Waals surface area contributed by atoms with Crippen molar-refractivity contribution in [2.75, 3.05) is 44.7 Å². The van der Waals surface area contributed by atoms with E-state index in [0.29, 0.717) is 17.9 Å². The molecule has 0 aromatic heterocycles. The third-order valence-corrected chi connectivity index (χ3v) is 5.03. The molecule has 1 aliphatic heterocycles. The Morgan fingerprint density at radius 1 is 1.27 bits per heavy atom. The van der Waals surface area contributed by atoms with Gasteiger partial charge in [-0.3, -0.25) is 4.99 Å². The van der Waals surface area contributed by atoms with Gasteiger partial charge in [0, 0.05) is 45.5 Å². The summed E-state index contributed by atoms with van der Waals surface area (Å²) in [5.74, 6) is 2.08. The van der Waals surface area contributed by atoms with Crippen molar-refractivity contribution < 1.29 is 4.74 Å². The molecule has 2 rings (SSSR count). The highest BCUT2D eigenvalue weighted by Crippen LogP contribution is 2.22. The van der Waals surface area contributed by atoms with E-state index in [1.807, 2.05) is 7.05 Å². The second-order valence-electron chi connectivity index (χ2n) is 7.34. The van der Waals surface area contributed by atoms with Crippen LogP contribution in [0.3, 0.4) is 0 Å². The molecule has 2 N–H and O–H groups in total. The van der Waals surface area contributed by atoms with E-state index in [0.717, 1.165) is 45.2 Å². The molecule has 5 nitrogen and oxygen atoms in total. The lowest BCUT2D eigenvalue weighted by atomic mass is 10.0. The predicted molar refractivity (Wildman–Crippen MR) is 111 cm³/mol. The number of hydrogen-bond donors (Lipinski definition) is 2. The van der Waals surface area contributed by atoms with Gasteiger partial charge in [0.2, 0.25) is 0 Å². The SMILES string of the molecule is CCOC(CCNC(=NC)NCC1CCN(c2ccccc2)C1)C(C)C. The molecule has 2 atom stereocenters. The number of aliphatic imine (C=N–C) groups is 1. The van der Waals surface area contributed by atoms with Crippen molar-refractivity contribution in [1.82, 2.24) is 10.6 Å². The minimum absolute atomic E-state index is 0.305. The van der Waals surface area contributed by atoms with Gasteiger partial charge in [-0.05, 0) is 43.7 Å². The second-order valence-corrected chi connectivity index (χ2v) is 7.34. The van der Waals surface area contributed by atoms with E-state index >= 15 is 0 Å². The summed E-state index contributed by atoms with van der Waals surface area (Å²) in [7, 11) is 1.84. The number of para-hydroxylation sites is 1. The summed E-state index contributed by atoms with van der Waals surface area (Å²) in [6.07, 6.45) is 2.52. The summed E-state index contributed by atoms with van der Waals surface area (Å²) in [6, 6.07) is 10.7. The van der Waals surface area contributed by atoms with E-state index in [2.05, 4.69) is 71.6 Å². The Morgan fingerprint density at radius 2 is 2.04 bits per heavy atom. The van der Waals surface area contributed by atoms with Gasteiger partial charge in [0.25, 0.3) is 0 Å². The van der Waals surface area contributed by atoms with E-state index in [-0.39, 0.29) is 0 Å². The fraction of sp³-hybridized carbons (Fsp3) is 0.667. The van der Waals surface area contributed by atoms with E-state index in [1.165, 1.54) is 12.1 Å². The van der Waals surface area contributed by atoms with Crippen molar-refractivity contribution in [3.63, 3.8) is 0 Å². The standard InChI is InChI=1S/C21H36N4O/c1-5-26-20(17(2)3)11-13-23-21(22-4)24-15-18-12-14-25(16-18)19-9-7-6-8-10-19/h6-10,17-18,20H,5,11-16H2,1-4H3,(H2,22,23,24). The van der Waals surface area contributed by atoms with E-state index in [1.54, 1.807) is 0 Å². The number of rotatable bonds is 9. The van der Waals surface area contributed by atoms with Crippen LogP contribution in [0.2, 0.25) is 0 Å². The normalized spacial score (nSPS) is 19.0. The summed E-state index contributed by atoms with van der Waals surface area (Å²) in [4.78, 5) is 6.82. The van der Waals surface area contributed by atoms with Gasteiger partial charge in [-0.15, -0.1) is 0 Å². The molecule has 0 saturated carbocycles. The third kappa shape index (κ3) is 6.52. The molecule has 1 heterocycles. The van der Waals surface area contributed by atoms with Crippen LogP contribution in [0.25, 0.3) is 0 Å². The highest BCUT2D eigenvalue weighted by Gasteiger charge is 2.22. The van der Waals surface area contributed by atoms with Crippen molar-refractivity contribution in [2.45, 2.75) is 39.7 Å². The molecule has 2 unspecified atom stereocenters. The highest BCUT2D eigenvalue weighted by molar-refractivity contribution is 5.79. The zero-order chi connectivity index (χ0) is 18.8. The maximum absolute atomic E-state index is 5.81. The van der Waals surface area contributed by atoms with Crippen molar-refractivity contribution in [3.05, 3.63) is 30.3 Å². The van der Waals surface area contributed by atoms with Gasteiger partial charge in [-0.25, -0.2) is 0 Å². The molecule has 1 aliphatic rings. The van der Waals surface area contributed by atoms with Gasteiger partial charge in [0.1, 0.15) is 0 Å². The lowest BCUT2D eigenvalue weighted by Gasteiger charge is -2.22. The van der Waals surface area contributed by atoms with Crippen LogP contribution in [0.5, 0.6) is 0 Å². The Labute approximate surface area is 159 Å². The number of nitrogens with one attached hydrogen (secondary N) is 2. The predicted octanol–water partition coefficient (Wildman–Crippen LogP) is 3.13. The quantitative estimate of drug-likeness (QED) is 0.525. The zero-order valence-electron chi connectivity index (χ0n) is 16.9. The Balaban J connectivity index is 1.69. The summed E-state index contributed by atoms with van der Waals surface area (Å²) < 4.78 is 5.81. The number of hydrogen-bond acceptors (Lipinski definition) is 3. The zero-order valence-corrected chi connectivity index (χ0v) is 16.9. The number of nitrogens with zero attached hydrogens (tertiary/aromatic N) is 2. The Bertz CT molecular complexity index is 532. The molecule has 146 valence electrons. The first kappa shape index (κ1) is 20.6. The molecule has 1 fully saturated rings. The largest absolute Gasteiger partial charge is 0.378 e. The maximum atomic E-state index is 5.81. The molecule has 1 aromatic rings. The Hall–Kier alpha value is -1.75. The fourth-order valence-electron chi connectivity index (χ4n) is 3.49. The lowest BCUT2D eigenvalue weighted by molar-refractivity contribution is 0.0258. The maximum Gasteiger partial charge on any atom is 0.190 e. The van der Waals surface area contributed by atoms with Crippen LogP contribution >= 0.6 is 0 Å². The van der Waals surface area contributed by atoms with Crippen molar-refractivity contribution in [2.24, 2.45) is 16.8 Å². The molecule has 0 spiro atoms. The Kier molecular flexibility index (Phi) is 8.75. The topological polar surface area (TPSA) is 48.9 Å².